The maximum absolute atomic E-state index is 12.8. The maximum atomic E-state index is 12.8. The van der Waals surface area contributed by atoms with Gasteiger partial charge in [0.2, 0.25) is 0 Å². The summed E-state index contributed by atoms with van der Waals surface area (Å²) in [6, 6.07) is 11.7. The van der Waals surface area contributed by atoms with E-state index in [-0.39, 0.29) is 18.5 Å². The lowest BCUT2D eigenvalue weighted by Gasteiger charge is -2.10. The second-order valence-electron chi connectivity index (χ2n) is 5.57. The summed E-state index contributed by atoms with van der Waals surface area (Å²) < 4.78 is 1.52. The largest absolute Gasteiger partial charge is 0.481 e. The Morgan fingerprint density at radius 3 is 2.71 bits per heavy atom. The number of carboxylic acids is 1. The normalized spacial score (nSPS) is 11.0. The fraction of sp³-hybridized carbons (Fsp3) is 0.278. The van der Waals surface area contributed by atoms with Gasteiger partial charge in [0.25, 0.3) is 5.56 Å². The maximum Gasteiger partial charge on any atom is 0.305 e. The smallest absolute Gasteiger partial charge is 0.305 e. The van der Waals surface area contributed by atoms with Gasteiger partial charge in [-0.15, -0.1) is 11.3 Å². The van der Waals surface area contributed by atoms with E-state index in [1.165, 1.54) is 15.9 Å². The first-order valence-electron chi connectivity index (χ1n) is 7.90. The molecule has 24 heavy (non-hydrogen) atoms. The van der Waals surface area contributed by atoms with E-state index < -0.39 is 5.97 Å². The van der Waals surface area contributed by atoms with Gasteiger partial charge in [-0.05, 0) is 18.1 Å². The standard InChI is InChI=1S/C18H18N2O3S/c1-2-6-15-19-17-13(18(23)20(15)10-9-16(21)22)11-14(24-17)12-7-4-3-5-8-12/h3-5,7-8,11H,2,6,9-10H2,1H3,(H,21,22). The number of aryl methyl sites for hydroxylation is 1. The van der Waals surface area contributed by atoms with Crippen molar-refractivity contribution in [3.63, 3.8) is 0 Å². The van der Waals surface area contributed by atoms with Gasteiger partial charge in [0.15, 0.2) is 0 Å². The number of carboxylic acid groups (broad SMARTS) is 1. The molecule has 0 amide bonds. The van der Waals surface area contributed by atoms with Crippen LogP contribution < -0.4 is 5.56 Å². The van der Waals surface area contributed by atoms with Crippen molar-refractivity contribution in [3.8, 4) is 10.4 Å². The summed E-state index contributed by atoms with van der Waals surface area (Å²) in [5.74, 6) is -0.252. The molecular formula is C18H18N2O3S. The number of aliphatic carboxylic acids is 1. The number of thiophene rings is 1. The second-order valence-corrected chi connectivity index (χ2v) is 6.60. The average molecular weight is 342 g/mol. The highest BCUT2D eigenvalue weighted by atomic mass is 32.1. The summed E-state index contributed by atoms with van der Waals surface area (Å²) >= 11 is 1.50. The van der Waals surface area contributed by atoms with Gasteiger partial charge in [-0.2, -0.15) is 0 Å². The van der Waals surface area contributed by atoms with Crippen molar-refractivity contribution in [2.45, 2.75) is 32.7 Å². The predicted molar refractivity (Wildman–Crippen MR) is 95.6 cm³/mol. The van der Waals surface area contributed by atoms with Crippen molar-refractivity contribution in [2.24, 2.45) is 0 Å². The lowest BCUT2D eigenvalue weighted by Crippen LogP contribution is -2.26. The molecule has 2 aromatic heterocycles. The monoisotopic (exact) mass is 342 g/mol. The second kappa shape index (κ2) is 6.97. The Labute approximate surface area is 143 Å². The molecule has 0 radical (unpaired) electrons. The summed E-state index contributed by atoms with van der Waals surface area (Å²) in [6.07, 6.45) is 1.42. The van der Waals surface area contributed by atoms with Crippen LogP contribution in [0, 0.1) is 0 Å². The van der Waals surface area contributed by atoms with Gasteiger partial charge in [-0.3, -0.25) is 14.2 Å². The van der Waals surface area contributed by atoms with Gasteiger partial charge in [0, 0.05) is 17.8 Å². The number of carbonyl (C=O) groups is 1. The van der Waals surface area contributed by atoms with E-state index in [9.17, 15) is 9.59 Å². The number of fused-ring (bicyclic) bond motifs is 1. The Hall–Kier alpha value is -2.47. The van der Waals surface area contributed by atoms with E-state index in [0.717, 1.165) is 16.9 Å². The molecule has 3 aromatic rings. The van der Waals surface area contributed by atoms with E-state index in [2.05, 4.69) is 4.98 Å². The zero-order valence-electron chi connectivity index (χ0n) is 13.4. The molecule has 0 saturated heterocycles. The predicted octanol–water partition coefficient (Wildman–Crippen LogP) is 3.55. The quantitative estimate of drug-likeness (QED) is 0.743. The van der Waals surface area contributed by atoms with Gasteiger partial charge < -0.3 is 5.11 Å². The molecule has 2 heterocycles. The first-order chi connectivity index (χ1) is 11.6. The molecule has 0 unspecified atom stereocenters. The molecule has 0 fully saturated rings. The van der Waals surface area contributed by atoms with Crippen LogP contribution in [0.25, 0.3) is 20.7 Å². The molecule has 6 heteroatoms. The van der Waals surface area contributed by atoms with E-state index >= 15 is 0 Å². The highest BCUT2D eigenvalue weighted by Crippen LogP contribution is 2.31. The summed E-state index contributed by atoms with van der Waals surface area (Å²) in [5, 5.41) is 9.48. The zero-order valence-corrected chi connectivity index (χ0v) is 14.2. The molecule has 0 aliphatic heterocycles. The molecular weight excluding hydrogens is 324 g/mol. The number of benzene rings is 1. The molecule has 0 aliphatic rings. The van der Waals surface area contributed by atoms with Gasteiger partial charge in [0.05, 0.1) is 11.8 Å². The Kier molecular flexibility index (Phi) is 4.76. The van der Waals surface area contributed by atoms with Crippen LogP contribution in [-0.4, -0.2) is 20.6 Å². The molecule has 0 spiro atoms. The van der Waals surface area contributed by atoms with Crippen molar-refractivity contribution in [2.75, 3.05) is 0 Å². The highest BCUT2D eigenvalue weighted by Gasteiger charge is 2.15. The summed E-state index contributed by atoms with van der Waals surface area (Å²) in [5.41, 5.74) is 0.900. The van der Waals surface area contributed by atoms with Crippen molar-refractivity contribution < 1.29 is 9.90 Å². The lowest BCUT2D eigenvalue weighted by molar-refractivity contribution is -0.137. The first-order valence-corrected chi connectivity index (χ1v) is 8.72. The van der Waals surface area contributed by atoms with Crippen LogP contribution >= 0.6 is 11.3 Å². The van der Waals surface area contributed by atoms with E-state index in [4.69, 9.17) is 5.11 Å². The molecule has 0 bridgehead atoms. The average Bonchev–Trinajstić information content (AvgIpc) is 3.00. The zero-order chi connectivity index (χ0) is 17.1. The van der Waals surface area contributed by atoms with Gasteiger partial charge in [-0.25, -0.2) is 4.98 Å². The van der Waals surface area contributed by atoms with Crippen LogP contribution in [0.2, 0.25) is 0 Å². The Morgan fingerprint density at radius 1 is 1.29 bits per heavy atom. The van der Waals surface area contributed by atoms with E-state index in [1.807, 2.05) is 43.3 Å². The van der Waals surface area contributed by atoms with Crippen LogP contribution in [0.5, 0.6) is 0 Å². The van der Waals surface area contributed by atoms with E-state index in [1.54, 1.807) is 0 Å². The molecule has 3 rings (SSSR count). The van der Waals surface area contributed by atoms with Crippen LogP contribution in [-0.2, 0) is 17.8 Å². The van der Waals surface area contributed by atoms with Crippen molar-refractivity contribution in [3.05, 3.63) is 52.6 Å². The van der Waals surface area contributed by atoms with Crippen molar-refractivity contribution in [1.29, 1.82) is 0 Å². The number of hydrogen-bond donors (Lipinski definition) is 1. The SMILES string of the molecule is CCCc1nc2sc(-c3ccccc3)cc2c(=O)n1CCC(=O)O. The fourth-order valence-corrected chi connectivity index (χ4v) is 3.70. The third-order valence-electron chi connectivity index (χ3n) is 3.81. The molecule has 5 nitrogen and oxygen atoms in total. The van der Waals surface area contributed by atoms with Crippen LogP contribution in [0.1, 0.15) is 25.6 Å². The molecule has 0 atom stereocenters. The molecule has 1 N–H and O–H groups in total. The minimum absolute atomic E-state index is 0.0838. The fourth-order valence-electron chi connectivity index (χ4n) is 2.66. The van der Waals surface area contributed by atoms with Crippen LogP contribution in [0.15, 0.2) is 41.2 Å². The Bertz CT molecular complexity index is 929. The molecule has 1 aromatic carbocycles. The third-order valence-corrected chi connectivity index (χ3v) is 4.89. The summed E-state index contributed by atoms with van der Waals surface area (Å²) in [7, 11) is 0. The van der Waals surface area contributed by atoms with Gasteiger partial charge in [0.1, 0.15) is 10.7 Å². The summed E-state index contributed by atoms with van der Waals surface area (Å²) in [4.78, 5) is 30.0. The Morgan fingerprint density at radius 2 is 2.04 bits per heavy atom. The number of rotatable bonds is 6. The minimum atomic E-state index is -0.917. The molecule has 0 saturated carbocycles. The van der Waals surface area contributed by atoms with Crippen molar-refractivity contribution in [1.82, 2.24) is 9.55 Å². The summed E-state index contributed by atoms with van der Waals surface area (Å²) in [6.45, 7) is 2.17. The van der Waals surface area contributed by atoms with E-state index in [0.29, 0.717) is 22.5 Å². The van der Waals surface area contributed by atoms with Crippen LogP contribution in [0.3, 0.4) is 0 Å². The topological polar surface area (TPSA) is 72.2 Å². The third kappa shape index (κ3) is 3.23. The minimum Gasteiger partial charge on any atom is -0.481 e. The number of aromatic nitrogens is 2. The molecule has 124 valence electrons. The number of hydrogen-bond acceptors (Lipinski definition) is 4. The molecule has 0 aliphatic carbocycles. The Balaban J connectivity index is 2.13. The first kappa shape index (κ1) is 16.4. The van der Waals surface area contributed by atoms with Crippen LogP contribution in [0.4, 0.5) is 0 Å². The lowest BCUT2D eigenvalue weighted by atomic mass is 10.2. The van der Waals surface area contributed by atoms with Crippen molar-refractivity contribution >= 4 is 27.5 Å². The number of nitrogens with zero attached hydrogens (tertiary/aromatic N) is 2. The van der Waals surface area contributed by atoms with Gasteiger partial charge in [-0.1, -0.05) is 37.3 Å². The highest BCUT2D eigenvalue weighted by molar-refractivity contribution is 7.21. The van der Waals surface area contributed by atoms with Gasteiger partial charge >= 0.3 is 5.97 Å².